The van der Waals surface area contributed by atoms with E-state index in [0.717, 1.165) is 0 Å². The average molecular weight is 194 g/mol. The Morgan fingerprint density at radius 3 is 3.00 bits per heavy atom. The lowest BCUT2D eigenvalue weighted by molar-refractivity contribution is 0.393. The number of hydrogen-bond donors (Lipinski definition) is 1. The zero-order valence-corrected chi connectivity index (χ0v) is 7.37. The van der Waals surface area contributed by atoms with E-state index in [1.807, 2.05) is 0 Å². The minimum Gasteiger partial charge on any atom is -0.477 e. The molecule has 0 saturated heterocycles. The zero-order valence-electron chi connectivity index (χ0n) is 7.37. The summed E-state index contributed by atoms with van der Waals surface area (Å²) in [5.41, 5.74) is -0.0788. The summed E-state index contributed by atoms with van der Waals surface area (Å²) in [5.74, 6) is -0.571. The summed E-state index contributed by atoms with van der Waals surface area (Å²) in [6.45, 7) is 0. The monoisotopic (exact) mass is 194 g/mol. The van der Waals surface area contributed by atoms with E-state index in [0.29, 0.717) is 5.52 Å². The van der Waals surface area contributed by atoms with Gasteiger partial charge in [-0.2, -0.15) is 0 Å². The van der Waals surface area contributed by atoms with Crippen molar-refractivity contribution in [1.29, 1.82) is 0 Å². The molecule has 0 aliphatic rings. The lowest BCUT2D eigenvalue weighted by Gasteiger charge is -2.00. The van der Waals surface area contributed by atoms with Crippen LogP contribution in [0.5, 0.6) is 5.88 Å². The third-order valence-electron chi connectivity index (χ3n) is 1.84. The van der Waals surface area contributed by atoms with Gasteiger partial charge in [-0.1, -0.05) is 6.07 Å². The van der Waals surface area contributed by atoms with Crippen molar-refractivity contribution in [2.75, 3.05) is 7.11 Å². The molecule has 0 saturated carbocycles. The highest BCUT2D eigenvalue weighted by Crippen LogP contribution is 2.12. The van der Waals surface area contributed by atoms with Crippen molar-refractivity contribution >= 4 is 11.0 Å². The molecule has 1 N–H and O–H groups in total. The molecule has 1 aromatic heterocycles. The van der Waals surface area contributed by atoms with Crippen LogP contribution in [0.2, 0.25) is 0 Å². The van der Waals surface area contributed by atoms with Gasteiger partial charge in [0.1, 0.15) is 11.3 Å². The Balaban J connectivity index is 2.86. The maximum Gasteiger partial charge on any atom is 0.311 e. The van der Waals surface area contributed by atoms with E-state index < -0.39 is 11.4 Å². The number of rotatable bonds is 1. The van der Waals surface area contributed by atoms with E-state index in [-0.39, 0.29) is 11.4 Å². The molecule has 0 atom stereocenters. The Labute approximate surface area is 78.4 Å². The fourth-order valence-electron chi connectivity index (χ4n) is 1.20. The van der Waals surface area contributed by atoms with Gasteiger partial charge in [0.2, 0.25) is 0 Å². The summed E-state index contributed by atoms with van der Waals surface area (Å²) in [5, 5.41) is 0. The molecule has 0 unspecified atom stereocenters. The van der Waals surface area contributed by atoms with Gasteiger partial charge >= 0.3 is 5.56 Å². The normalized spacial score (nSPS) is 10.4. The summed E-state index contributed by atoms with van der Waals surface area (Å²) in [7, 11) is 1.34. The summed E-state index contributed by atoms with van der Waals surface area (Å²) < 4.78 is 17.9. The number of methoxy groups -OCH3 is 1. The molecule has 0 spiro atoms. The predicted molar refractivity (Wildman–Crippen MR) is 48.9 cm³/mol. The Kier molecular flexibility index (Phi) is 1.92. The molecule has 0 aliphatic carbocycles. The summed E-state index contributed by atoms with van der Waals surface area (Å²) in [4.78, 5) is 17.4. The molecule has 14 heavy (non-hydrogen) atoms. The molecule has 5 heteroatoms. The summed E-state index contributed by atoms with van der Waals surface area (Å²) >= 11 is 0. The van der Waals surface area contributed by atoms with Crippen molar-refractivity contribution in [3.8, 4) is 5.88 Å². The largest absolute Gasteiger partial charge is 0.477 e. The van der Waals surface area contributed by atoms with Crippen LogP contribution in [-0.2, 0) is 0 Å². The molecule has 0 bridgehead atoms. The van der Waals surface area contributed by atoms with Crippen molar-refractivity contribution in [2.24, 2.45) is 0 Å². The Morgan fingerprint density at radius 1 is 1.50 bits per heavy atom. The van der Waals surface area contributed by atoms with Crippen molar-refractivity contribution in [2.45, 2.75) is 0 Å². The SMILES string of the molecule is COc1nc2cccc(F)c2[nH]c1=O. The van der Waals surface area contributed by atoms with Crippen LogP contribution in [-0.4, -0.2) is 17.1 Å². The van der Waals surface area contributed by atoms with Gasteiger partial charge in [0.15, 0.2) is 0 Å². The van der Waals surface area contributed by atoms with Gasteiger partial charge < -0.3 is 9.72 Å². The first-order valence-electron chi connectivity index (χ1n) is 3.95. The second-order valence-electron chi connectivity index (χ2n) is 2.71. The second-order valence-corrected chi connectivity index (χ2v) is 2.71. The van der Waals surface area contributed by atoms with Crippen molar-refractivity contribution in [1.82, 2.24) is 9.97 Å². The lowest BCUT2D eigenvalue weighted by Crippen LogP contribution is -2.11. The van der Waals surface area contributed by atoms with Crippen LogP contribution in [0, 0.1) is 5.82 Å². The molecule has 0 fully saturated rings. The highest BCUT2D eigenvalue weighted by Gasteiger charge is 2.06. The maximum atomic E-state index is 13.2. The van der Waals surface area contributed by atoms with Gasteiger partial charge in [0.05, 0.1) is 12.6 Å². The number of nitrogens with one attached hydrogen (secondary N) is 1. The molecule has 0 amide bonds. The number of hydrogen-bond acceptors (Lipinski definition) is 3. The van der Waals surface area contributed by atoms with Crippen LogP contribution in [0.4, 0.5) is 4.39 Å². The van der Waals surface area contributed by atoms with E-state index in [2.05, 4.69) is 9.97 Å². The number of benzene rings is 1. The highest BCUT2D eigenvalue weighted by atomic mass is 19.1. The van der Waals surface area contributed by atoms with Crippen LogP contribution >= 0.6 is 0 Å². The molecule has 4 nitrogen and oxygen atoms in total. The predicted octanol–water partition coefficient (Wildman–Crippen LogP) is 1.07. The van der Waals surface area contributed by atoms with Crippen LogP contribution < -0.4 is 10.3 Å². The molecule has 0 aliphatic heterocycles. The van der Waals surface area contributed by atoms with E-state index in [1.54, 1.807) is 6.07 Å². The van der Waals surface area contributed by atoms with Crippen molar-refractivity contribution < 1.29 is 9.13 Å². The number of para-hydroxylation sites is 1. The molecule has 1 heterocycles. The van der Waals surface area contributed by atoms with Gasteiger partial charge in [0.25, 0.3) is 5.88 Å². The van der Waals surface area contributed by atoms with Gasteiger partial charge in [-0.25, -0.2) is 9.37 Å². The van der Waals surface area contributed by atoms with E-state index >= 15 is 0 Å². The molecular weight excluding hydrogens is 187 g/mol. The van der Waals surface area contributed by atoms with Crippen LogP contribution in [0.1, 0.15) is 0 Å². The highest BCUT2D eigenvalue weighted by molar-refractivity contribution is 5.74. The van der Waals surface area contributed by atoms with Crippen molar-refractivity contribution in [3.63, 3.8) is 0 Å². The zero-order chi connectivity index (χ0) is 10.1. The first kappa shape index (κ1) is 8.68. The first-order chi connectivity index (χ1) is 6.72. The molecular formula is C9H7FN2O2. The summed E-state index contributed by atoms with van der Waals surface area (Å²) in [6, 6.07) is 4.37. The van der Waals surface area contributed by atoms with Crippen LogP contribution in [0.25, 0.3) is 11.0 Å². The van der Waals surface area contributed by atoms with E-state index in [9.17, 15) is 9.18 Å². The molecule has 0 radical (unpaired) electrons. The number of ether oxygens (including phenoxy) is 1. The molecule has 72 valence electrons. The second kappa shape index (κ2) is 3.10. The summed E-state index contributed by atoms with van der Waals surface area (Å²) in [6.07, 6.45) is 0. The van der Waals surface area contributed by atoms with Gasteiger partial charge in [-0.15, -0.1) is 0 Å². The number of halogens is 1. The minimum absolute atomic E-state index is 0.0666. The number of nitrogens with zero attached hydrogens (tertiary/aromatic N) is 1. The molecule has 2 aromatic rings. The first-order valence-corrected chi connectivity index (χ1v) is 3.95. The lowest BCUT2D eigenvalue weighted by atomic mass is 10.3. The van der Waals surface area contributed by atoms with Crippen LogP contribution in [0.15, 0.2) is 23.0 Å². The standard InChI is InChI=1S/C9H7FN2O2/c1-14-9-8(13)12-7-5(10)3-2-4-6(7)11-9/h2-4H,1H3,(H,12,13). The quantitative estimate of drug-likeness (QED) is 0.738. The maximum absolute atomic E-state index is 13.2. The van der Waals surface area contributed by atoms with E-state index in [4.69, 9.17) is 4.74 Å². The molecule has 2 rings (SSSR count). The van der Waals surface area contributed by atoms with Crippen molar-refractivity contribution in [3.05, 3.63) is 34.4 Å². The third kappa shape index (κ3) is 1.22. The van der Waals surface area contributed by atoms with Gasteiger partial charge in [0, 0.05) is 0 Å². The number of fused-ring (bicyclic) bond motifs is 1. The van der Waals surface area contributed by atoms with E-state index in [1.165, 1.54) is 19.2 Å². The third-order valence-corrected chi connectivity index (χ3v) is 1.84. The number of H-pyrrole nitrogens is 1. The Hall–Kier alpha value is -1.91. The minimum atomic E-state index is -0.537. The van der Waals surface area contributed by atoms with Gasteiger partial charge in [-0.3, -0.25) is 4.79 Å². The fourth-order valence-corrected chi connectivity index (χ4v) is 1.20. The average Bonchev–Trinajstić information content (AvgIpc) is 2.19. The number of aromatic amines is 1. The van der Waals surface area contributed by atoms with Crippen LogP contribution in [0.3, 0.4) is 0 Å². The molecule has 1 aromatic carbocycles. The Morgan fingerprint density at radius 2 is 2.29 bits per heavy atom. The fraction of sp³-hybridized carbons (Fsp3) is 0.111. The number of aromatic nitrogens is 2. The topological polar surface area (TPSA) is 55.0 Å². The van der Waals surface area contributed by atoms with Gasteiger partial charge in [-0.05, 0) is 12.1 Å². The Bertz CT molecular complexity index is 536. The smallest absolute Gasteiger partial charge is 0.311 e.